The molecule has 0 atom stereocenters. The molecule has 0 bridgehead atoms. The molecule has 0 saturated carbocycles. The van der Waals surface area contributed by atoms with E-state index >= 15 is 0 Å². The molecule has 0 aromatic carbocycles. The van der Waals surface area contributed by atoms with Crippen molar-refractivity contribution in [3.05, 3.63) is 23.1 Å². The molecule has 8 heavy (non-hydrogen) atoms. The first kappa shape index (κ1) is 6.59. The Morgan fingerprint density at radius 3 is 2.50 bits per heavy atom. The second-order valence-electron chi connectivity index (χ2n) is 1.41. The van der Waals surface area contributed by atoms with Crippen molar-refractivity contribution >= 4 is 38.4 Å². The molecule has 0 radical (unpaired) electrons. The van der Waals surface area contributed by atoms with Crippen LogP contribution >= 0.6 is 21.6 Å². The van der Waals surface area contributed by atoms with E-state index in [4.69, 9.17) is 21.6 Å². The van der Waals surface area contributed by atoms with E-state index in [0.29, 0.717) is 0 Å². The second kappa shape index (κ2) is 2.85. The third kappa shape index (κ3) is 1.47. The predicted molar refractivity (Wildman–Crippen MR) is 40.7 cm³/mol. The van der Waals surface area contributed by atoms with E-state index < -0.39 is 13.0 Å². The molecule has 3 heteroatoms. The van der Waals surface area contributed by atoms with Crippen molar-refractivity contribution in [1.29, 1.82) is 0 Å². The fourth-order valence-corrected chi connectivity index (χ4v) is 3.00. The van der Waals surface area contributed by atoms with Gasteiger partial charge in [0.1, 0.15) is 0 Å². The quantitative estimate of drug-likeness (QED) is 0.532. The maximum absolute atomic E-state index is 5.83. The normalized spacial score (nSPS) is 17.8. The molecular weight excluding hydrogens is 204 g/mol. The Balaban J connectivity index is 2.97. The number of halogens is 2. The van der Waals surface area contributed by atoms with E-state index in [1.54, 1.807) is 0 Å². The van der Waals surface area contributed by atoms with Crippen molar-refractivity contribution in [3.8, 4) is 0 Å². The van der Waals surface area contributed by atoms with Crippen LogP contribution in [-0.2, 0) is 0 Å². The standard InChI is InChI=1S/C5H4Cl2Ge/c6-5-3-1-2-4-8(5)7/h1-4H. The van der Waals surface area contributed by atoms with Gasteiger partial charge in [-0.15, -0.1) is 0 Å². The first-order valence-corrected chi connectivity index (χ1v) is 7.60. The van der Waals surface area contributed by atoms with Crippen molar-refractivity contribution < 1.29 is 0 Å². The zero-order chi connectivity index (χ0) is 5.98. The van der Waals surface area contributed by atoms with Crippen LogP contribution in [0.4, 0.5) is 0 Å². The minimum atomic E-state index is -1.54. The molecule has 1 rings (SSSR count). The van der Waals surface area contributed by atoms with Gasteiger partial charge in [0.05, 0.1) is 0 Å². The van der Waals surface area contributed by atoms with Gasteiger partial charge in [-0.1, -0.05) is 0 Å². The molecule has 0 fully saturated rings. The number of hydrogen-bond donors (Lipinski definition) is 0. The van der Waals surface area contributed by atoms with Crippen molar-refractivity contribution in [2.24, 2.45) is 0 Å². The molecule has 0 amide bonds. The Hall–Kier alpha value is 0.473. The van der Waals surface area contributed by atoms with Gasteiger partial charge in [0, 0.05) is 0 Å². The summed E-state index contributed by atoms with van der Waals surface area (Å²) < 4.78 is 0.856. The SMILES string of the molecule is Cl[C]1=[Ge]([Cl])[CH]=CC=C1. The van der Waals surface area contributed by atoms with E-state index in [1.165, 1.54) is 0 Å². The number of rotatable bonds is 0. The van der Waals surface area contributed by atoms with Crippen LogP contribution < -0.4 is 0 Å². The van der Waals surface area contributed by atoms with Crippen LogP contribution in [0.5, 0.6) is 0 Å². The summed E-state index contributed by atoms with van der Waals surface area (Å²) in [6.07, 6.45) is 5.72. The Morgan fingerprint density at radius 2 is 2.12 bits per heavy atom. The van der Waals surface area contributed by atoms with Gasteiger partial charge in [0.15, 0.2) is 0 Å². The molecule has 0 aromatic heterocycles. The van der Waals surface area contributed by atoms with Gasteiger partial charge >= 0.3 is 61.5 Å². The Morgan fingerprint density at radius 1 is 1.38 bits per heavy atom. The average molecular weight is 208 g/mol. The maximum atomic E-state index is 5.83. The monoisotopic (exact) mass is 208 g/mol. The molecule has 0 unspecified atom stereocenters. The van der Waals surface area contributed by atoms with Crippen molar-refractivity contribution in [2.75, 3.05) is 0 Å². The summed E-state index contributed by atoms with van der Waals surface area (Å²) in [6.45, 7) is 0. The predicted octanol–water partition coefficient (Wildman–Crippen LogP) is 1.83. The van der Waals surface area contributed by atoms with Crippen LogP contribution in [0, 0.1) is 0 Å². The molecule has 42 valence electrons. The summed E-state index contributed by atoms with van der Waals surface area (Å²) in [6, 6.07) is 0. The van der Waals surface area contributed by atoms with Gasteiger partial charge in [-0.3, -0.25) is 0 Å². The third-order valence-corrected chi connectivity index (χ3v) is 6.55. The zero-order valence-electron chi connectivity index (χ0n) is 4.07. The molecule has 0 spiro atoms. The van der Waals surface area contributed by atoms with Gasteiger partial charge in [0.25, 0.3) is 0 Å². The Bertz CT molecular complexity index is 159. The molecule has 1 aliphatic heterocycles. The molecule has 1 aliphatic rings. The number of allylic oxidation sites excluding steroid dienone is 3. The van der Waals surface area contributed by atoms with Crippen LogP contribution in [0.15, 0.2) is 23.1 Å². The minimum absolute atomic E-state index is 0.856. The zero-order valence-corrected chi connectivity index (χ0v) is 7.68. The summed E-state index contributed by atoms with van der Waals surface area (Å²) in [7, 11) is 5.83. The van der Waals surface area contributed by atoms with Crippen LogP contribution in [0.3, 0.4) is 0 Å². The van der Waals surface area contributed by atoms with Crippen molar-refractivity contribution in [2.45, 2.75) is 0 Å². The van der Waals surface area contributed by atoms with Crippen molar-refractivity contribution in [3.63, 3.8) is 0 Å². The summed E-state index contributed by atoms with van der Waals surface area (Å²) in [5, 5.41) is 0. The molecule has 0 nitrogen and oxygen atoms in total. The molecule has 0 N–H and O–H groups in total. The summed E-state index contributed by atoms with van der Waals surface area (Å²) in [5.74, 6) is 0. The molecule has 1 heterocycles. The van der Waals surface area contributed by atoms with Crippen LogP contribution in [0.25, 0.3) is 0 Å². The number of hydrogen-bond acceptors (Lipinski definition) is 0. The van der Waals surface area contributed by atoms with Gasteiger partial charge < -0.3 is 0 Å². The topological polar surface area (TPSA) is 0 Å². The van der Waals surface area contributed by atoms with E-state index in [-0.39, 0.29) is 0 Å². The molecule has 0 aliphatic carbocycles. The molecule has 0 saturated heterocycles. The first-order chi connectivity index (χ1) is 3.80. The van der Waals surface area contributed by atoms with Gasteiger partial charge in [0.2, 0.25) is 0 Å². The van der Waals surface area contributed by atoms with E-state index in [2.05, 4.69) is 0 Å². The second-order valence-corrected chi connectivity index (χ2v) is 7.89. The summed E-state index contributed by atoms with van der Waals surface area (Å²) in [5.41, 5.74) is 0. The van der Waals surface area contributed by atoms with E-state index in [9.17, 15) is 0 Å². The Labute approximate surface area is 61.6 Å². The van der Waals surface area contributed by atoms with Crippen LogP contribution in [-0.4, -0.2) is 16.8 Å². The van der Waals surface area contributed by atoms with Gasteiger partial charge in [-0.05, 0) is 0 Å². The van der Waals surface area contributed by atoms with Gasteiger partial charge in [-0.2, -0.15) is 0 Å². The summed E-state index contributed by atoms with van der Waals surface area (Å²) >= 11 is 4.15. The molecule has 0 aromatic rings. The van der Waals surface area contributed by atoms with Crippen LogP contribution in [0.2, 0.25) is 0 Å². The van der Waals surface area contributed by atoms with Gasteiger partial charge in [-0.25, -0.2) is 0 Å². The fourth-order valence-electron chi connectivity index (χ4n) is 0.439. The van der Waals surface area contributed by atoms with E-state index in [1.807, 2.05) is 23.1 Å². The fraction of sp³-hybridized carbons (Fsp3) is 0. The van der Waals surface area contributed by atoms with Crippen molar-refractivity contribution in [1.82, 2.24) is 0 Å². The Kier molecular flexibility index (Phi) is 2.35. The van der Waals surface area contributed by atoms with E-state index in [0.717, 1.165) is 3.81 Å². The summed E-state index contributed by atoms with van der Waals surface area (Å²) in [4.78, 5) is 2.00. The first-order valence-electron chi connectivity index (χ1n) is 2.21. The average Bonchev–Trinajstić information content (AvgIpc) is 1.77. The third-order valence-electron chi connectivity index (χ3n) is 0.824. The molecular formula is C5H4Cl2Ge. The van der Waals surface area contributed by atoms with Crippen LogP contribution in [0.1, 0.15) is 0 Å².